The molecule has 0 unspecified atom stereocenters. The van der Waals surface area contributed by atoms with Crippen molar-refractivity contribution in [1.82, 2.24) is 5.16 Å². The number of amides is 1. The van der Waals surface area contributed by atoms with Crippen LogP contribution < -0.4 is 5.32 Å². The van der Waals surface area contributed by atoms with Gasteiger partial charge in [-0.3, -0.25) is 9.59 Å². The zero-order valence-corrected chi connectivity index (χ0v) is 12.9. The smallest absolute Gasteiger partial charge is 0.307 e. The number of anilines is 1. The van der Waals surface area contributed by atoms with Gasteiger partial charge in [-0.05, 0) is 19.1 Å². The van der Waals surface area contributed by atoms with E-state index in [1.807, 2.05) is 30.3 Å². The predicted octanol–water partition coefficient (Wildman–Crippen LogP) is 2.65. The van der Waals surface area contributed by atoms with Gasteiger partial charge < -0.3 is 14.6 Å². The molecule has 1 aromatic carbocycles. The Labute approximate surface area is 132 Å². The molecule has 0 radical (unpaired) electrons. The maximum absolute atomic E-state index is 11.5. The molecule has 1 heterocycles. The van der Waals surface area contributed by atoms with Gasteiger partial charge in [-0.1, -0.05) is 23.4 Å². The minimum absolute atomic E-state index is 0.246. The topological polar surface area (TPSA) is 81.4 Å². The van der Waals surface area contributed by atoms with Crippen molar-refractivity contribution < 1.29 is 18.8 Å². The number of hydrogen-bond donors (Lipinski definition) is 1. The Bertz CT molecular complexity index is 627. The summed E-state index contributed by atoms with van der Waals surface area (Å²) in [6, 6.07) is 11.4. The lowest BCUT2D eigenvalue weighted by Crippen LogP contribution is -2.21. The van der Waals surface area contributed by atoms with Crippen molar-refractivity contribution in [2.24, 2.45) is 0 Å². The molecule has 0 fully saturated rings. The monoisotopic (exact) mass is 320 g/mol. The van der Waals surface area contributed by atoms with Gasteiger partial charge >= 0.3 is 5.97 Å². The van der Waals surface area contributed by atoms with Crippen LogP contribution in [0.5, 0.6) is 0 Å². The Hall–Kier alpha value is -2.28. The number of thioether (sulfide) groups is 1. The van der Waals surface area contributed by atoms with Crippen LogP contribution in [0.3, 0.4) is 0 Å². The second-order valence-electron chi connectivity index (χ2n) is 4.44. The lowest BCUT2D eigenvalue weighted by atomic mass is 10.4. The van der Waals surface area contributed by atoms with Crippen LogP contribution in [0.25, 0.3) is 0 Å². The highest BCUT2D eigenvalue weighted by Crippen LogP contribution is 2.17. The summed E-state index contributed by atoms with van der Waals surface area (Å²) in [6.07, 6.45) is 0.246. The summed E-state index contributed by atoms with van der Waals surface area (Å²) in [4.78, 5) is 24.2. The van der Waals surface area contributed by atoms with Gasteiger partial charge in [0, 0.05) is 16.7 Å². The Morgan fingerprint density at radius 1 is 1.32 bits per heavy atom. The van der Waals surface area contributed by atoms with Crippen LogP contribution in [-0.4, -0.2) is 29.4 Å². The number of aryl methyl sites for hydroxylation is 1. The van der Waals surface area contributed by atoms with Crippen molar-refractivity contribution in [1.29, 1.82) is 0 Å². The number of nitrogens with one attached hydrogen (secondary N) is 1. The van der Waals surface area contributed by atoms with Crippen LogP contribution in [0.4, 0.5) is 5.82 Å². The third kappa shape index (κ3) is 5.61. The molecule has 0 bridgehead atoms. The molecule has 1 N–H and O–H groups in total. The lowest BCUT2D eigenvalue weighted by molar-refractivity contribution is -0.146. The first-order valence-corrected chi connectivity index (χ1v) is 7.68. The maximum Gasteiger partial charge on any atom is 0.307 e. The van der Waals surface area contributed by atoms with Crippen LogP contribution in [-0.2, 0) is 14.3 Å². The molecule has 0 aliphatic carbocycles. The van der Waals surface area contributed by atoms with Crippen molar-refractivity contribution in [3.63, 3.8) is 0 Å². The van der Waals surface area contributed by atoms with Gasteiger partial charge in [0.25, 0.3) is 5.91 Å². The largest absolute Gasteiger partial charge is 0.456 e. The minimum atomic E-state index is -0.447. The van der Waals surface area contributed by atoms with E-state index in [0.29, 0.717) is 17.3 Å². The Morgan fingerprint density at radius 3 is 2.77 bits per heavy atom. The zero-order chi connectivity index (χ0) is 15.8. The highest BCUT2D eigenvalue weighted by Gasteiger charge is 2.10. The Kier molecular flexibility index (Phi) is 6.02. The third-order valence-electron chi connectivity index (χ3n) is 2.58. The summed E-state index contributed by atoms with van der Waals surface area (Å²) < 4.78 is 9.71. The highest BCUT2D eigenvalue weighted by molar-refractivity contribution is 7.99. The SMILES string of the molecule is Cc1cc(NC(=O)COC(=O)CCSc2ccccc2)no1. The molecule has 7 heteroatoms. The average Bonchev–Trinajstić information content (AvgIpc) is 2.91. The van der Waals surface area contributed by atoms with Crippen molar-refractivity contribution in [2.75, 3.05) is 17.7 Å². The second kappa shape index (κ2) is 8.23. The third-order valence-corrected chi connectivity index (χ3v) is 3.59. The number of ether oxygens (including phenoxy) is 1. The highest BCUT2D eigenvalue weighted by atomic mass is 32.2. The van der Waals surface area contributed by atoms with Crippen LogP contribution in [0.15, 0.2) is 45.8 Å². The van der Waals surface area contributed by atoms with E-state index in [9.17, 15) is 9.59 Å². The van der Waals surface area contributed by atoms with E-state index in [1.165, 1.54) is 0 Å². The molecule has 0 saturated heterocycles. The van der Waals surface area contributed by atoms with Gasteiger partial charge in [-0.15, -0.1) is 11.8 Å². The molecule has 0 aliphatic heterocycles. The fourth-order valence-corrected chi connectivity index (χ4v) is 2.45. The predicted molar refractivity (Wildman–Crippen MR) is 82.6 cm³/mol. The molecular weight excluding hydrogens is 304 g/mol. The van der Waals surface area contributed by atoms with Crippen molar-refractivity contribution in [3.05, 3.63) is 42.2 Å². The molecule has 2 aromatic rings. The number of benzene rings is 1. The normalized spacial score (nSPS) is 10.2. The summed E-state index contributed by atoms with van der Waals surface area (Å²) in [5.41, 5.74) is 0. The van der Waals surface area contributed by atoms with E-state index in [1.54, 1.807) is 24.8 Å². The zero-order valence-electron chi connectivity index (χ0n) is 12.1. The number of aromatic nitrogens is 1. The number of esters is 1. The Balaban J connectivity index is 1.62. The van der Waals surface area contributed by atoms with E-state index in [-0.39, 0.29) is 13.0 Å². The van der Waals surface area contributed by atoms with E-state index < -0.39 is 11.9 Å². The average molecular weight is 320 g/mol. The minimum Gasteiger partial charge on any atom is -0.456 e. The fraction of sp³-hybridized carbons (Fsp3) is 0.267. The molecule has 22 heavy (non-hydrogen) atoms. The number of hydrogen-bond acceptors (Lipinski definition) is 6. The number of carbonyl (C=O) groups excluding carboxylic acids is 2. The standard InChI is InChI=1S/C15H16N2O4S/c1-11-9-13(17-21-11)16-14(18)10-20-15(19)7-8-22-12-5-3-2-4-6-12/h2-6,9H,7-8,10H2,1H3,(H,16,17,18). The van der Waals surface area contributed by atoms with Crippen LogP contribution >= 0.6 is 11.8 Å². The quantitative estimate of drug-likeness (QED) is 0.624. The number of rotatable bonds is 7. The van der Waals surface area contributed by atoms with E-state index in [4.69, 9.17) is 9.26 Å². The number of nitrogens with zero attached hydrogens (tertiary/aromatic N) is 1. The first-order valence-electron chi connectivity index (χ1n) is 6.70. The maximum atomic E-state index is 11.5. The molecular formula is C15H16N2O4S. The first-order chi connectivity index (χ1) is 10.6. The number of carbonyl (C=O) groups is 2. The Morgan fingerprint density at radius 2 is 2.09 bits per heavy atom. The molecule has 0 saturated carbocycles. The van der Waals surface area contributed by atoms with E-state index in [2.05, 4.69) is 10.5 Å². The van der Waals surface area contributed by atoms with Crippen molar-refractivity contribution in [2.45, 2.75) is 18.2 Å². The molecule has 116 valence electrons. The van der Waals surface area contributed by atoms with Gasteiger partial charge in [0.2, 0.25) is 0 Å². The summed E-state index contributed by atoms with van der Waals surface area (Å²) in [5.74, 6) is 0.642. The summed E-state index contributed by atoms with van der Waals surface area (Å²) in [7, 11) is 0. The summed E-state index contributed by atoms with van der Waals surface area (Å²) in [6.45, 7) is 1.38. The lowest BCUT2D eigenvalue weighted by Gasteiger charge is -2.04. The second-order valence-corrected chi connectivity index (χ2v) is 5.61. The van der Waals surface area contributed by atoms with Gasteiger partial charge in [0.15, 0.2) is 12.4 Å². The molecule has 1 aromatic heterocycles. The summed E-state index contributed by atoms with van der Waals surface area (Å²) in [5, 5.41) is 6.09. The summed E-state index contributed by atoms with van der Waals surface area (Å²) >= 11 is 1.56. The first kappa shape index (κ1) is 16.1. The van der Waals surface area contributed by atoms with E-state index in [0.717, 1.165) is 4.90 Å². The molecule has 1 amide bonds. The molecule has 2 rings (SSSR count). The molecule has 0 atom stereocenters. The van der Waals surface area contributed by atoms with Crippen LogP contribution in [0, 0.1) is 6.92 Å². The fourth-order valence-electron chi connectivity index (χ4n) is 1.59. The van der Waals surface area contributed by atoms with Crippen molar-refractivity contribution in [3.8, 4) is 0 Å². The molecule has 0 aliphatic rings. The van der Waals surface area contributed by atoms with Gasteiger partial charge in [0.1, 0.15) is 5.76 Å². The van der Waals surface area contributed by atoms with Gasteiger partial charge in [-0.2, -0.15) is 0 Å². The van der Waals surface area contributed by atoms with Crippen LogP contribution in [0.2, 0.25) is 0 Å². The van der Waals surface area contributed by atoms with Crippen molar-refractivity contribution >= 4 is 29.5 Å². The van der Waals surface area contributed by atoms with Crippen LogP contribution in [0.1, 0.15) is 12.2 Å². The molecule has 0 spiro atoms. The van der Waals surface area contributed by atoms with Gasteiger partial charge in [0.05, 0.1) is 6.42 Å². The molecule has 6 nitrogen and oxygen atoms in total. The van der Waals surface area contributed by atoms with E-state index >= 15 is 0 Å². The van der Waals surface area contributed by atoms with Gasteiger partial charge in [-0.25, -0.2) is 0 Å².